The average molecular weight is 368 g/mol. The van der Waals surface area contributed by atoms with Crippen LogP contribution in [0.5, 0.6) is 5.75 Å². The third-order valence-corrected chi connectivity index (χ3v) is 4.53. The summed E-state index contributed by atoms with van der Waals surface area (Å²) in [5.74, 6) is -2.36. The molecule has 0 aliphatic heterocycles. The Hall–Kier alpha value is -2.37. The third kappa shape index (κ3) is 4.06. The lowest BCUT2D eigenvalue weighted by molar-refractivity contribution is -0.275. The largest absolute Gasteiger partial charge is 0.573 e. The van der Waals surface area contributed by atoms with Crippen LogP contribution in [0.4, 0.5) is 22.0 Å². The van der Waals surface area contributed by atoms with Gasteiger partial charge in [0.1, 0.15) is 5.82 Å². The van der Waals surface area contributed by atoms with Crippen molar-refractivity contribution in [3.63, 3.8) is 0 Å². The molecule has 0 heterocycles. The minimum Gasteiger partial charge on any atom is -0.403 e. The maximum absolute atomic E-state index is 14.4. The van der Waals surface area contributed by atoms with Gasteiger partial charge in [0.05, 0.1) is 0 Å². The number of aryl methyl sites for hydroxylation is 1. The fraction of sp³-hybridized carbons (Fsp3) is 0.300. The van der Waals surface area contributed by atoms with Gasteiger partial charge in [0.2, 0.25) is 0 Å². The van der Waals surface area contributed by atoms with Crippen molar-refractivity contribution in [2.24, 2.45) is 0 Å². The van der Waals surface area contributed by atoms with Crippen LogP contribution in [0.3, 0.4) is 0 Å². The van der Waals surface area contributed by atoms with Gasteiger partial charge in [-0.2, -0.15) is 0 Å². The lowest BCUT2D eigenvalue weighted by atomic mass is 9.79. The standard InChI is InChI=1S/C20H17F5O/c1-2-3-12-4-7-16(17(21)8-12)14-6-5-13-11-19(26-20(23,24)25)18(22)10-15(13)9-14/h2-4,7-8,10-11,14H,5-6,9H2,1H3/b3-2+. The molecule has 1 nitrogen and oxygen atoms in total. The first-order valence-electron chi connectivity index (χ1n) is 8.26. The van der Waals surface area contributed by atoms with Gasteiger partial charge >= 0.3 is 6.36 Å². The van der Waals surface area contributed by atoms with Crippen LogP contribution >= 0.6 is 0 Å². The van der Waals surface area contributed by atoms with Gasteiger partial charge in [0.15, 0.2) is 11.6 Å². The molecule has 0 bridgehead atoms. The lowest BCUT2D eigenvalue weighted by Gasteiger charge is -2.26. The van der Waals surface area contributed by atoms with Gasteiger partial charge in [-0.25, -0.2) is 8.78 Å². The van der Waals surface area contributed by atoms with E-state index >= 15 is 0 Å². The summed E-state index contributed by atoms with van der Waals surface area (Å²) in [5, 5.41) is 0. The molecule has 0 radical (unpaired) electrons. The molecule has 0 amide bonds. The van der Waals surface area contributed by atoms with Crippen LogP contribution in [-0.2, 0) is 12.8 Å². The Labute approximate surface area is 148 Å². The SMILES string of the molecule is C/C=C/c1ccc(C2CCc3cc(OC(F)(F)F)c(F)cc3C2)c(F)c1. The molecule has 0 fully saturated rings. The second kappa shape index (κ2) is 7.09. The van der Waals surface area contributed by atoms with Crippen LogP contribution in [-0.4, -0.2) is 6.36 Å². The number of alkyl halides is 3. The van der Waals surface area contributed by atoms with Crippen molar-refractivity contribution in [1.29, 1.82) is 0 Å². The highest BCUT2D eigenvalue weighted by Gasteiger charge is 2.33. The number of allylic oxidation sites excluding steroid dienone is 1. The molecule has 3 rings (SSSR count). The van der Waals surface area contributed by atoms with E-state index in [0.29, 0.717) is 36.0 Å². The van der Waals surface area contributed by atoms with Crippen LogP contribution < -0.4 is 4.74 Å². The topological polar surface area (TPSA) is 9.23 Å². The molecule has 26 heavy (non-hydrogen) atoms. The Morgan fingerprint density at radius 1 is 1.04 bits per heavy atom. The highest BCUT2D eigenvalue weighted by molar-refractivity contribution is 5.50. The second-order valence-corrected chi connectivity index (χ2v) is 6.32. The molecule has 6 heteroatoms. The maximum atomic E-state index is 14.4. The van der Waals surface area contributed by atoms with Crippen LogP contribution in [0.15, 0.2) is 36.4 Å². The Morgan fingerprint density at radius 3 is 2.46 bits per heavy atom. The van der Waals surface area contributed by atoms with E-state index < -0.39 is 17.9 Å². The Kier molecular flexibility index (Phi) is 5.03. The quantitative estimate of drug-likeness (QED) is 0.589. The summed E-state index contributed by atoms with van der Waals surface area (Å²) >= 11 is 0. The molecule has 0 spiro atoms. The van der Waals surface area contributed by atoms with Gasteiger partial charge < -0.3 is 4.74 Å². The average Bonchev–Trinajstić information content (AvgIpc) is 2.54. The second-order valence-electron chi connectivity index (χ2n) is 6.32. The molecule has 1 aliphatic rings. The molecular formula is C20H17F5O. The van der Waals surface area contributed by atoms with Gasteiger partial charge in [0, 0.05) is 0 Å². The predicted octanol–water partition coefficient (Wildman–Crippen LogP) is 6.17. The summed E-state index contributed by atoms with van der Waals surface area (Å²) in [6.07, 6.45) is 0.0479. The Bertz CT molecular complexity index is 839. The number of rotatable bonds is 3. The van der Waals surface area contributed by atoms with Gasteiger partial charge in [-0.1, -0.05) is 24.3 Å². The van der Waals surface area contributed by atoms with Crippen LogP contribution in [0, 0.1) is 11.6 Å². The van der Waals surface area contributed by atoms with Crippen molar-refractivity contribution in [2.75, 3.05) is 0 Å². The van der Waals surface area contributed by atoms with E-state index in [-0.39, 0.29) is 11.7 Å². The van der Waals surface area contributed by atoms with Crippen molar-refractivity contribution in [3.8, 4) is 5.75 Å². The summed E-state index contributed by atoms with van der Waals surface area (Å²) in [6, 6.07) is 7.15. The molecule has 1 atom stereocenters. The molecule has 0 saturated carbocycles. The summed E-state index contributed by atoms with van der Waals surface area (Å²) in [6.45, 7) is 1.84. The van der Waals surface area contributed by atoms with E-state index in [1.807, 2.05) is 19.1 Å². The predicted molar refractivity (Wildman–Crippen MR) is 89.0 cm³/mol. The zero-order valence-corrected chi connectivity index (χ0v) is 14.0. The van der Waals surface area contributed by atoms with Crippen LogP contribution in [0.25, 0.3) is 6.08 Å². The smallest absolute Gasteiger partial charge is 0.403 e. The van der Waals surface area contributed by atoms with E-state index in [1.54, 1.807) is 12.1 Å². The minimum atomic E-state index is -4.94. The fourth-order valence-corrected chi connectivity index (χ4v) is 3.40. The van der Waals surface area contributed by atoms with Crippen molar-refractivity contribution >= 4 is 6.08 Å². The molecule has 0 aromatic heterocycles. The minimum absolute atomic E-state index is 0.143. The molecule has 0 saturated heterocycles. The summed E-state index contributed by atoms with van der Waals surface area (Å²) in [7, 11) is 0. The third-order valence-electron chi connectivity index (χ3n) is 4.53. The first-order chi connectivity index (χ1) is 12.3. The number of hydrogen-bond donors (Lipinski definition) is 0. The Balaban J connectivity index is 1.85. The van der Waals surface area contributed by atoms with Gasteiger partial charge in [-0.05, 0) is 72.6 Å². The van der Waals surface area contributed by atoms with E-state index in [9.17, 15) is 22.0 Å². The molecule has 1 aliphatic carbocycles. The van der Waals surface area contributed by atoms with E-state index in [0.717, 1.165) is 17.7 Å². The maximum Gasteiger partial charge on any atom is 0.573 e. The monoisotopic (exact) mass is 368 g/mol. The number of benzene rings is 2. The highest BCUT2D eigenvalue weighted by atomic mass is 19.4. The lowest BCUT2D eigenvalue weighted by Crippen LogP contribution is -2.19. The number of ether oxygens (including phenoxy) is 1. The van der Waals surface area contributed by atoms with Crippen LogP contribution in [0.2, 0.25) is 0 Å². The van der Waals surface area contributed by atoms with E-state index in [1.165, 1.54) is 6.07 Å². The van der Waals surface area contributed by atoms with E-state index in [2.05, 4.69) is 4.74 Å². The summed E-state index contributed by atoms with van der Waals surface area (Å²) in [4.78, 5) is 0. The van der Waals surface area contributed by atoms with Crippen LogP contribution in [0.1, 0.15) is 41.5 Å². The van der Waals surface area contributed by atoms with Gasteiger partial charge in [0.25, 0.3) is 0 Å². The normalized spacial score (nSPS) is 17.4. The number of fused-ring (bicyclic) bond motifs is 1. The van der Waals surface area contributed by atoms with Gasteiger partial charge in [-0.15, -0.1) is 13.2 Å². The zero-order valence-electron chi connectivity index (χ0n) is 14.0. The van der Waals surface area contributed by atoms with E-state index in [4.69, 9.17) is 0 Å². The molecular weight excluding hydrogens is 351 g/mol. The fourth-order valence-electron chi connectivity index (χ4n) is 3.40. The Morgan fingerprint density at radius 2 is 1.81 bits per heavy atom. The summed E-state index contributed by atoms with van der Waals surface area (Å²) < 4.78 is 69.1. The number of hydrogen-bond acceptors (Lipinski definition) is 1. The van der Waals surface area contributed by atoms with Crippen molar-refractivity contribution in [1.82, 2.24) is 0 Å². The molecule has 2 aromatic rings. The first kappa shape index (κ1) is 18.4. The molecule has 1 unspecified atom stereocenters. The van der Waals surface area contributed by atoms with Crippen molar-refractivity contribution in [2.45, 2.75) is 38.5 Å². The zero-order chi connectivity index (χ0) is 18.9. The summed E-state index contributed by atoms with van der Waals surface area (Å²) in [5.41, 5.74) is 2.49. The highest BCUT2D eigenvalue weighted by Crippen LogP contribution is 2.37. The number of halogens is 5. The molecule has 138 valence electrons. The van der Waals surface area contributed by atoms with Crippen molar-refractivity contribution < 1.29 is 26.7 Å². The van der Waals surface area contributed by atoms with Crippen molar-refractivity contribution in [3.05, 3.63) is 70.3 Å². The molecule has 0 N–H and O–H groups in total. The van der Waals surface area contributed by atoms with Gasteiger partial charge in [-0.3, -0.25) is 0 Å². The first-order valence-corrected chi connectivity index (χ1v) is 8.26. The molecule has 2 aromatic carbocycles.